The van der Waals surface area contributed by atoms with Gasteiger partial charge in [-0.05, 0) is 31.2 Å². The zero-order valence-corrected chi connectivity index (χ0v) is 15.3. The van der Waals surface area contributed by atoms with E-state index in [0.29, 0.717) is 40.9 Å². The molecule has 0 bridgehead atoms. The van der Waals surface area contributed by atoms with Crippen LogP contribution in [-0.2, 0) is 9.53 Å². The van der Waals surface area contributed by atoms with Gasteiger partial charge in [-0.25, -0.2) is 0 Å². The van der Waals surface area contributed by atoms with Crippen molar-refractivity contribution in [3.63, 3.8) is 0 Å². The van der Waals surface area contributed by atoms with Crippen LogP contribution in [0.4, 0.5) is 5.69 Å². The lowest BCUT2D eigenvalue weighted by molar-refractivity contribution is -0.139. The van der Waals surface area contributed by atoms with Crippen molar-refractivity contribution in [1.29, 1.82) is 0 Å². The number of thioether (sulfide) groups is 1. The fourth-order valence-corrected chi connectivity index (χ4v) is 3.50. The minimum atomic E-state index is -0.414. The number of benzene rings is 2. The highest BCUT2D eigenvalue weighted by molar-refractivity contribution is 8.00. The zero-order valence-electron chi connectivity index (χ0n) is 14.5. The average Bonchev–Trinajstić information content (AvgIpc) is 2.67. The maximum Gasteiger partial charge on any atom is 0.318 e. The molecular formula is C19H19NO5S. The summed E-state index contributed by atoms with van der Waals surface area (Å²) in [5.41, 5.74) is 1.10. The molecule has 0 saturated heterocycles. The van der Waals surface area contributed by atoms with Crippen LogP contribution in [0, 0.1) is 0 Å². The standard InChI is InChI=1S/C19H19NO5S/c1-12(19(22)23-2)26-17-6-4-3-5-14(17)18(21)20-13-7-8-15-16(11-13)25-10-9-24-15/h3-8,11-12H,9-10H2,1-2H3,(H,20,21)/t12-/m0/s1. The molecule has 0 unspecified atom stereocenters. The quantitative estimate of drug-likeness (QED) is 0.640. The molecule has 0 spiro atoms. The van der Waals surface area contributed by atoms with Gasteiger partial charge in [0.1, 0.15) is 18.5 Å². The normalized spacial score (nSPS) is 13.6. The number of hydrogen-bond donors (Lipinski definition) is 1. The van der Waals surface area contributed by atoms with E-state index in [1.54, 1.807) is 37.3 Å². The highest BCUT2D eigenvalue weighted by Crippen LogP contribution is 2.33. The first kappa shape index (κ1) is 18.1. The third kappa shape index (κ3) is 4.11. The molecule has 0 aliphatic carbocycles. The van der Waals surface area contributed by atoms with Gasteiger partial charge < -0.3 is 19.5 Å². The van der Waals surface area contributed by atoms with Crippen LogP contribution in [0.3, 0.4) is 0 Å². The number of fused-ring (bicyclic) bond motifs is 1. The summed E-state index contributed by atoms with van der Waals surface area (Å²) in [7, 11) is 1.35. The fourth-order valence-electron chi connectivity index (χ4n) is 2.48. The van der Waals surface area contributed by atoms with Gasteiger partial charge in [0, 0.05) is 16.6 Å². The summed E-state index contributed by atoms with van der Waals surface area (Å²) in [6.07, 6.45) is 0. The van der Waals surface area contributed by atoms with Gasteiger partial charge in [-0.3, -0.25) is 9.59 Å². The van der Waals surface area contributed by atoms with Crippen molar-refractivity contribution < 1.29 is 23.8 Å². The number of ether oxygens (including phenoxy) is 3. The van der Waals surface area contributed by atoms with Gasteiger partial charge in [0.25, 0.3) is 5.91 Å². The Morgan fingerprint density at radius 2 is 1.85 bits per heavy atom. The molecule has 1 atom stereocenters. The molecule has 0 aromatic heterocycles. The van der Waals surface area contributed by atoms with E-state index in [1.807, 2.05) is 12.1 Å². The number of carbonyl (C=O) groups is 2. The molecule has 0 fully saturated rings. The van der Waals surface area contributed by atoms with Gasteiger partial charge >= 0.3 is 5.97 Å². The summed E-state index contributed by atoms with van der Waals surface area (Å²) in [4.78, 5) is 25.1. The number of esters is 1. The lowest BCUT2D eigenvalue weighted by atomic mass is 10.2. The molecule has 26 heavy (non-hydrogen) atoms. The van der Waals surface area contributed by atoms with Crippen LogP contribution in [0.5, 0.6) is 11.5 Å². The van der Waals surface area contributed by atoms with E-state index in [-0.39, 0.29) is 11.9 Å². The van der Waals surface area contributed by atoms with E-state index >= 15 is 0 Å². The molecule has 0 radical (unpaired) electrons. The summed E-state index contributed by atoms with van der Waals surface area (Å²) in [6.45, 7) is 2.74. The first-order valence-electron chi connectivity index (χ1n) is 8.13. The van der Waals surface area contributed by atoms with Crippen LogP contribution in [-0.4, -0.2) is 37.4 Å². The number of carbonyl (C=O) groups excluding carboxylic acids is 2. The van der Waals surface area contributed by atoms with Gasteiger partial charge in [0.05, 0.1) is 12.7 Å². The maximum atomic E-state index is 12.7. The highest BCUT2D eigenvalue weighted by atomic mass is 32.2. The van der Waals surface area contributed by atoms with Crippen molar-refractivity contribution in [3.05, 3.63) is 48.0 Å². The van der Waals surface area contributed by atoms with Crippen molar-refractivity contribution in [2.75, 3.05) is 25.6 Å². The summed E-state index contributed by atoms with van der Waals surface area (Å²) < 4.78 is 15.8. The Morgan fingerprint density at radius 3 is 2.62 bits per heavy atom. The molecule has 1 amide bonds. The smallest absolute Gasteiger partial charge is 0.318 e. The van der Waals surface area contributed by atoms with Crippen LogP contribution >= 0.6 is 11.8 Å². The second-order valence-electron chi connectivity index (χ2n) is 5.59. The number of rotatable bonds is 5. The second kappa shape index (κ2) is 8.14. The molecule has 1 N–H and O–H groups in total. The predicted octanol–water partition coefficient (Wildman–Crippen LogP) is 3.36. The first-order valence-corrected chi connectivity index (χ1v) is 9.01. The van der Waals surface area contributed by atoms with E-state index in [1.165, 1.54) is 18.9 Å². The van der Waals surface area contributed by atoms with Gasteiger partial charge in [0.2, 0.25) is 0 Å². The molecule has 136 valence electrons. The molecule has 1 heterocycles. The Bertz CT molecular complexity index is 823. The molecule has 7 heteroatoms. The molecule has 6 nitrogen and oxygen atoms in total. The van der Waals surface area contributed by atoms with E-state index < -0.39 is 5.25 Å². The lowest BCUT2D eigenvalue weighted by Gasteiger charge is -2.19. The molecule has 3 rings (SSSR count). The summed E-state index contributed by atoms with van der Waals surface area (Å²) >= 11 is 1.28. The first-order chi connectivity index (χ1) is 12.6. The fraction of sp³-hybridized carbons (Fsp3) is 0.263. The second-order valence-corrected chi connectivity index (χ2v) is 6.97. The molecule has 2 aromatic carbocycles. The van der Waals surface area contributed by atoms with Crippen LogP contribution in [0.1, 0.15) is 17.3 Å². The monoisotopic (exact) mass is 373 g/mol. The number of anilines is 1. The zero-order chi connectivity index (χ0) is 18.5. The van der Waals surface area contributed by atoms with Gasteiger partial charge in [-0.1, -0.05) is 12.1 Å². The molecule has 1 aliphatic heterocycles. The van der Waals surface area contributed by atoms with Gasteiger partial charge in [0.15, 0.2) is 11.5 Å². The molecule has 1 aliphatic rings. The van der Waals surface area contributed by atoms with Gasteiger partial charge in [-0.2, -0.15) is 0 Å². The van der Waals surface area contributed by atoms with E-state index in [9.17, 15) is 9.59 Å². The lowest BCUT2D eigenvalue weighted by Crippen LogP contribution is -2.18. The number of amides is 1. The molecule has 0 saturated carbocycles. The average molecular weight is 373 g/mol. The largest absolute Gasteiger partial charge is 0.486 e. The Labute approximate surface area is 155 Å². The van der Waals surface area contributed by atoms with E-state index in [2.05, 4.69) is 5.32 Å². The van der Waals surface area contributed by atoms with Crippen LogP contribution < -0.4 is 14.8 Å². The Balaban J connectivity index is 1.77. The van der Waals surface area contributed by atoms with Crippen molar-refractivity contribution >= 4 is 29.3 Å². The SMILES string of the molecule is COC(=O)[C@H](C)Sc1ccccc1C(=O)Nc1ccc2c(c1)OCCO2. The Kier molecular flexibility index (Phi) is 5.68. The predicted molar refractivity (Wildman–Crippen MR) is 99.2 cm³/mol. The van der Waals surface area contributed by atoms with E-state index in [0.717, 1.165) is 0 Å². The van der Waals surface area contributed by atoms with Crippen LogP contribution in [0.15, 0.2) is 47.4 Å². The summed E-state index contributed by atoms with van der Waals surface area (Å²) in [5, 5.41) is 2.45. The number of hydrogen-bond acceptors (Lipinski definition) is 6. The third-order valence-corrected chi connectivity index (χ3v) is 4.92. The third-order valence-electron chi connectivity index (χ3n) is 3.77. The Hall–Kier alpha value is -2.67. The highest BCUT2D eigenvalue weighted by Gasteiger charge is 2.19. The maximum absolute atomic E-state index is 12.7. The Morgan fingerprint density at radius 1 is 1.12 bits per heavy atom. The van der Waals surface area contributed by atoms with Gasteiger partial charge in [-0.15, -0.1) is 11.8 Å². The van der Waals surface area contributed by atoms with Crippen LogP contribution in [0.25, 0.3) is 0 Å². The van der Waals surface area contributed by atoms with Crippen molar-refractivity contribution in [2.45, 2.75) is 17.1 Å². The number of nitrogens with one attached hydrogen (secondary N) is 1. The van der Waals surface area contributed by atoms with E-state index in [4.69, 9.17) is 14.2 Å². The van der Waals surface area contributed by atoms with Crippen molar-refractivity contribution in [1.82, 2.24) is 0 Å². The molecule has 2 aromatic rings. The minimum absolute atomic E-state index is 0.262. The molecular weight excluding hydrogens is 354 g/mol. The topological polar surface area (TPSA) is 73.9 Å². The van der Waals surface area contributed by atoms with Crippen molar-refractivity contribution in [2.24, 2.45) is 0 Å². The summed E-state index contributed by atoms with van der Waals surface area (Å²) in [5.74, 6) is 0.673. The number of methoxy groups -OCH3 is 1. The minimum Gasteiger partial charge on any atom is -0.486 e. The van der Waals surface area contributed by atoms with Crippen molar-refractivity contribution in [3.8, 4) is 11.5 Å². The van der Waals surface area contributed by atoms with Crippen LogP contribution in [0.2, 0.25) is 0 Å². The summed E-state index contributed by atoms with van der Waals surface area (Å²) in [6, 6.07) is 12.4.